The number of aliphatic hydroxyl groups excluding tert-OH is 1. The third-order valence-electron chi connectivity index (χ3n) is 4.01. The van der Waals surface area contributed by atoms with Gasteiger partial charge in [-0.15, -0.1) is 24.0 Å². The van der Waals surface area contributed by atoms with E-state index in [1.807, 2.05) is 11.8 Å². The Kier molecular flexibility index (Phi) is 8.86. The summed E-state index contributed by atoms with van der Waals surface area (Å²) in [5.74, 6) is 0.689. The van der Waals surface area contributed by atoms with Crippen molar-refractivity contribution in [2.75, 3.05) is 19.6 Å². The van der Waals surface area contributed by atoms with Crippen molar-refractivity contribution in [3.8, 4) is 5.75 Å². The van der Waals surface area contributed by atoms with Crippen LogP contribution < -0.4 is 10.1 Å². The molecule has 0 amide bonds. The molecule has 1 aromatic rings. The number of β-amino-alcohol motifs (C(OH)–C–C–N with tert-alkyl or cyclic N) is 1. The van der Waals surface area contributed by atoms with Crippen LogP contribution in [0, 0.1) is 0 Å². The SMILES string of the molecule is CCNC(=NCc1ccc(OC(C)(C)C)cc1C(F)(F)F)N1CC[C@@H](O)C1.I. The van der Waals surface area contributed by atoms with Crippen molar-refractivity contribution in [3.63, 3.8) is 0 Å². The summed E-state index contributed by atoms with van der Waals surface area (Å²) >= 11 is 0. The number of benzene rings is 1. The van der Waals surface area contributed by atoms with E-state index in [-0.39, 0.29) is 41.8 Å². The molecular formula is C19H29F3IN3O2. The third kappa shape index (κ3) is 7.31. The van der Waals surface area contributed by atoms with Crippen molar-refractivity contribution in [1.82, 2.24) is 10.2 Å². The number of rotatable bonds is 4. The molecule has 1 atom stereocenters. The molecule has 0 saturated carbocycles. The Labute approximate surface area is 181 Å². The highest BCUT2D eigenvalue weighted by molar-refractivity contribution is 14.0. The van der Waals surface area contributed by atoms with Gasteiger partial charge in [0.2, 0.25) is 0 Å². The Balaban J connectivity index is 0.00000392. The minimum absolute atomic E-state index is 0. The number of nitrogens with zero attached hydrogens (tertiary/aromatic N) is 2. The lowest BCUT2D eigenvalue weighted by molar-refractivity contribution is -0.138. The second-order valence-corrected chi connectivity index (χ2v) is 7.59. The van der Waals surface area contributed by atoms with Gasteiger partial charge in [-0.3, -0.25) is 0 Å². The minimum atomic E-state index is -4.50. The summed E-state index contributed by atoms with van der Waals surface area (Å²) in [4.78, 5) is 6.22. The van der Waals surface area contributed by atoms with Crippen LogP contribution in [0.3, 0.4) is 0 Å². The number of alkyl halides is 3. The molecule has 1 saturated heterocycles. The topological polar surface area (TPSA) is 57.1 Å². The van der Waals surface area contributed by atoms with Crippen molar-refractivity contribution in [1.29, 1.82) is 0 Å². The van der Waals surface area contributed by atoms with Crippen LogP contribution in [0.4, 0.5) is 13.2 Å². The highest BCUT2D eigenvalue weighted by Crippen LogP contribution is 2.35. The molecular weight excluding hydrogens is 486 g/mol. The molecule has 1 aromatic carbocycles. The fourth-order valence-corrected chi connectivity index (χ4v) is 2.89. The maximum absolute atomic E-state index is 13.5. The van der Waals surface area contributed by atoms with Crippen LogP contribution >= 0.6 is 24.0 Å². The Bertz CT molecular complexity index is 675. The van der Waals surface area contributed by atoms with Crippen LogP contribution in [0.5, 0.6) is 5.75 Å². The van der Waals surface area contributed by atoms with Crippen molar-refractivity contribution >= 4 is 29.9 Å². The number of ether oxygens (including phenoxy) is 1. The zero-order valence-electron chi connectivity index (χ0n) is 16.6. The first-order valence-electron chi connectivity index (χ1n) is 9.10. The normalized spacial score (nSPS) is 18.1. The predicted octanol–water partition coefficient (Wildman–Crippen LogP) is 4.03. The standard InChI is InChI=1S/C19H28F3N3O2.HI/c1-5-23-17(25-9-8-14(26)12-25)24-11-13-6-7-15(27-18(2,3)4)10-16(13)19(20,21)22;/h6-7,10,14,26H,5,8-9,11-12H2,1-4H3,(H,23,24);1H/t14-;/m1./s1. The van der Waals surface area contributed by atoms with E-state index in [4.69, 9.17) is 4.74 Å². The van der Waals surface area contributed by atoms with E-state index in [1.54, 1.807) is 20.8 Å². The lowest BCUT2D eigenvalue weighted by Gasteiger charge is -2.23. The van der Waals surface area contributed by atoms with E-state index < -0.39 is 23.4 Å². The van der Waals surface area contributed by atoms with Gasteiger partial charge in [-0.1, -0.05) is 6.07 Å². The largest absolute Gasteiger partial charge is 0.488 e. The first-order valence-corrected chi connectivity index (χ1v) is 9.10. The van der Waals surface area contributed by atoms with Crippen molar-refractivity contribution in [2.45, 2.75) is 58.5 Å². The third-order valence-corrected chi connectivity index (χ3v) is 4.01. The smallest absolute Gasteiger partial charge is 0.416 e. The fraction of sp³-hybridized carbons (Fsp3) is 0.632. The van der Waals surface area contributed by atoms with Gasteiger partial charge in [-0.25, -0.2) is 4.99 Å². The molecule has 2 N–H and O–H groups in total. The molecule has 9 heteroatoms. The number of likely N-dealkylation sites (tertiary alicyclic amines) is 1. The minimum Gasteiger partial charge on any atom is -0.488 e. The number of guanidine groups is 1. The zero-order valence-corrected chi connectivity index (χ0v) is 19.0. The monoisotopic (exact) mass is 515 g/mol. The highest BCUT2D eigenvalue weighted by Gasteiger charge is 2.34. The number of halogens is 4. The van der Waals surface area contributed by atoms with Crippen LogP contribution in [0.25, 0.3) is 0 Å². The van der Waals surface area contributed by atoms with Crippen molar-refractivity contribution in [3.05, 3.63) is 29.3 Å². The molecule has 0 radical (unpaired) electrons. The Morgan fingerprint density at radius 1 is 1.32 bits per heavy atom. The summed E-state index contributed by atoms with van der Waals surface area (Å²) in [6, 6.07) is 3.98. The van der Waals surface area contributed by atoms with Crippen LogP contribution in [-0.4, -0.2) is 47.3 Å². The first kappa shape index (κ1) is 24.8. The summed E-state index contributed by atoms with van der Waals surface area (Å²) in [6.07, 6.45) is -4.31. The van der Waals surface area contributed by atoms with Gasteiger partial charge in [0.25, 0.3) is 0 Å². The molecule has 1 aliphatic rings. The molecule has 1 aliphatic heterocycles. The quantitative estimate of drug-likeness (QED) is 0.361. The van der Waals surface area contributed by atoms with E-state index in [0.717, 1.165) is 6.07 Å². The fourth-order valence-electron chi connectivity index (χ4n) is 2.89. The van der Waals surface area contributed by atoms with E-state index >= 15 is 0 Å². The summed E-state index contributed by atoms with van der Waals surface area (Å²) in [5.41, 5.74) is -1.25. The average molecular weight is 515 g/mol. The number of nitrogens with one attached hydrogen (secondary N) is 1. The van der Waals surface area contributed by atoms with Gasteiger partial charge in [0.1, 0.15) is 11.4 Å². The van der Waals surface area contributed by atoms with Crippen LogP contribution in [0.2, 0.25) is 0 Å². The molecule has 0 unspecified atom stereocenters. The molecule has 28 heavy (non-hydrogen) atoms. The molecule has 2 rings (SSSR count). The van der Waals surface area contributed by atoms with Gasteiger partial charge in [0.05, 0.1) is 18.2 Å². The average Bonchev–Trinajstić information content (AvgIpc) is 2.96. The number of aliphatic hydroxyl groups is 1. The maximum atomic E-state index is 13.5. The lowest BCUT2D eigenvalue weighted by Crippen LogP contribution is -2.40. The van der Waals surface area contributed by atoms with E-state index in [9.17, 15) is 18.3 Å². The number of hydrogen-bond donors (Lipinski definition) is 2. The Morgan fingerprint density at radius 3 is 2.50 bits per heavy atom. The second-order valence-electron chi connectivity index (χ2n) is 7.59. The summed E-state index contributed by atoms with van der Waals surface area (Å²) < 4.78 is 46.1. The Morgan fingerprint density at radius 2 is 2.00 bits per heavy atom. The molecule has 0 spiro atoms. The van der Waals surface area contributed by atoms with Gasteiger partial charge in [-0.05, 0) is 51.8 Å². The molecule has 1 fully saturated rings. The number of hydrogen-bond acceptors (Lipinski definition) is 3. The second kappa shape index (κ2) is 10.00. The van der Waals surface area contributed by atoms with Crippen LogP contribution in [0.15, 0.2) is 23.2 Å². The number of aliphatic imine (C=N–C) groups is 1. The van der Waals surface area contributed by atoms with E-state index in [1.165, 1.54) is 12.1 Å². The van der Waals surface area contributed by atoms with Crippen LogP contribution in [0.1, 0.15) is 45.2 Å². The van der Waals surface area contributed by atoms with Gasteiger partial charge in [0, 0.05) is 19.6 Å². The Hall–Kier alpha value is -1.23. The highest BCUT2D eigenvalue weighted by atomic mass is 127. The molecule has 0 aromatic heterocycles. The van der Waals surface area contributed by atoms with Gasteiger partial charge in [-0.2, -0.15) is 13.2 Å². The predicted molar refractivity (Wildman–Crippen MR) is 114 cm³/mol. The van der Waals surface area contributed by atoms with Crippen LogP contribution in [-0.2, 0) is 12.7 Å². The molecule has 5 nitrogen and oxygen atoms in total. The van der Waals surface area contributed by atoms with E-state index in [2.05, 4.69) is 10.3 Å². The van der Waals surface area contributed by atoms with Crippen molar-refractivity contribution in [2.24, 2.45) is 4.99 Å². The molecule has 0 aliphatic carbocycles. The zero-order chi connectivity index (χ0) is 20.2. The molecule has 0 bridgehead atoms. The lowest BCUT2D eigenvalue weighted by atomic mass is 10.1. The van der Waals surface area contributed by atoms with E-state index in [0.29, 0.717) is 32.0 Å². The van der Waals surface area contributed by atoms with Gasteiger partial charge in [0.15, 0.2) is 5.96 Å². The van der Waals surface area contributed by atoms with Gasteiger partial charge >= 0.3 is 6.18 Å². The molecule has 160 valence electrons. The maximum Gasteiger partial charge on any atom is 0.416 e. The van der Waals surface area contributed by atoms with Crippen molar-refractivity contribution < 1.29 is 23.0 Å². The molecule has 1 heterocycles. The summed E-state index contributed by atoms with van der Waals surface area (Å²) in [5, 5.41) is 12.8. The van der Waals surface area contributed by atoms with Gasteiger partial charge < -0.3 is 20.1 Å². The summed E-state index contributed by atoms with van der Waals surface area (Å²) in [7, 11) is 0. The first-order chi connectivity index (χ1) is 12.5. The summed E-state index contributed by atoms with van der Waals surface area (Å²) in [6.45, 7) is 8.77.